The van der Waals surface area contributed by atoms with Crippen molar-refractivity contribution < 1.29 is 9.53 Å². The van der Waals surface area contributed by atoms with Crippen LogP contribution < -0.4 is 11.1 Å². The zero-order valence-electron chi connectivity index (χ0n) is 10.2. The van der Waals surface area contributed by atoms with Gasteiger partial charge in [-0.05, 0) is 25.5 Å². The minimum atomic E-state index is -0.115. The van der Waals surface area contributed by atoms with E-state index >= 15 is 0 Å². The lowest BCUT2D eigenvalue weighted by atomic mass is 10.1. The summed E-state index contributed by atoms with van der Waals surface area (Å²) >= 11 is 4.90. The third-order valence-corrected chi connectivity index (χ3v) is 3.34. The summed E-state index contributed by atoms with van der Waals surface area (Å²) in [6.07, 6.45) is 0.912. The second-order valence-electron chi connectivity index (χ2n) is 4.39. The quantitative estimate of drug-likeness (QED) is 0.806. The van der Waals surface area contributed by atoms with Gasteiger partial charge in [-0.15, -0.1) is 0 Å². The Morgan fingerprint density at radius 2 is 2.22 bits per heavy atom. The molecule has 0 spiro atoms. The van der Waals surface area contributed by atoms with E-state index < -0.39 is 0 Å². The fourth-order valence-electron chi connectivity index (χ4n) is 1.99. The molecule has 5 heteroatoms. The molecule has 1 aromatic carbocycles. The summed E-state index contributed by atoms with van der Waals surface area (Å²) in [4.78, 5) is 12.4. The fraction of sp³-hybridized carbons (Fsp3) is 0.385. The lowest BCUT2D eigenvalue weighted by molar-refractivity contribution is 0.0866. The maximum absolute atomic E-state index is 12.1. The Labute approximate surface area is 112 Å². The first kappa shape index (κ1) is 13.0. The number of benzene rings is 1. The molecule has 18 heavy (non-hydrogen) atoms. The van der Waals surface area contributed by atoms with Crippen LogP contribution in [0, 0.1) is 0 Å². The molecule has 2 unspecified atom stereocenters. The summed E-state index contributed by atoms with van der Waals surface area (Å²) in [6, 6.07) is 7.10. The van der Waals surface area contributed by atoms with Crippen molar-refractivity contribution in [3.63, 3.8) is 0 Å². The number of amides is 1. The molecule has 1 heterocycles. The Kier molecular flexibility index (Phi) is 3.93. The van der Waals surface area contributed by atoms with Crippen LogP contribution in [0.25, 0.3) is 0 Å². The van der Waals surface area contributed by atoms with E-state index in [1.807, 2.05) is 6.92 Å². The SMILES string of the molecule is CC1OCCC1NC(=O)c1cccc(C(N)=S)c1. The van der Waals surface area contributed by atoms with Crippen molar-refractivity contribution in [3.05, 3.63) is 35.4 Å². The molecule has 1 aliphatic heterocycles. The Morgan fingerprint density at radius 1 is 1.50 bits per heavy atom. The summed E-state index contributed by atoms with van der Waals surface area (Å²) in [6.45, 7) is 2.66. The van der Waals surface area contributed by atoms with Crippen molar-refractivity contribution in [2.24, 2.45) is 5.73 Å². The molecular weight excluding hydrogens is 248 g/mol. The lowest BCUT2D eigenvalue weighted by Gasteiger charge is -2.16. The molecular formula is C13H16N2O2S. The van der Waals surface area contributed by atoms with Crippen molar-refractivity contribution in [2.45, 2.75) is 25.5 Å². The van der Waals surface area contributed by atoms with Crippen LogP contribution in [0.1, 0.15) is 29.3 Å². The third-order valence-electron chi connectivity index (χ3n) is 3.10. The van der Waals surface area contributed by atoms with Crippen molar-refractivity contribution in [3.8, 4) is 0 Å². The lowest BCUT2D eigenvalue weighted by Crippen LogP contribution is -2.39. The zero-order chi connectivity index (χ0) is 13.1. The number of hydrogen-bond donors (Lipinski definition) is 2. The van der Waals surface area contributed by atoms with Crippen LogP contribution in [-0.2, 0) is 4.74 Å². The van der Waals surface area contributed by atoms with E-state index in [2.05, 4.69) is 5.32 Å². The number of carbonyl (C=O) groups excluding carboxylic acids is 1. The molecule has 1 saturated heterocycles. The zero-order valence-corrected chi connectivity index (χ0v) is 11.0. The van der Waals surface area contributed by atoms with Crippen molar-refractivity contribution in [1.82, 2.24) is 5.32 Å². The summed E-state index contributed by atoms with van der Waals surface area (Å²) in [7, 11) is 0. The van der Waals surface area contributed by atoms with Gasteiger partial charge in [0.1, 0.15) is 4.99 Å². The van der Waals surface area contributed by atoms with Gasteiger partial charge in [0, 0.05) is 17.7 Å². The molecule has 3 N–H and O–H groups in total. The molecule has 1 fully saturated rings. The minimum Gasteiger partial charge on any atom is -0.389 e. The Bertz CT molecular complexity index is 476. The fourth-order valence-corrected chi connectivity index (χ4v) is 2.11. The second-order valence-corrected chi connectivity index (χ2v) is 4.83. The van der Waals surface area contributed by atoms with E-state index in [1.54, 1.807) is 24.3 Å². The number of rotatable bonds is 3. The third kappa shape index (κ3) is 2.86. The highest BCUT2D eigenvalue weighted by Gasteiger charge is 2.25. The van der Waals surface area contributed by atoms with E-state index in [4.69, 9.17) is 22.7 Å². The number of nitrogens with two attached hydrogens (primary N) is 1. The van der Waals surface area contributed by atoms with Gasteiger partial charge in [-0.3, -0.25) is 4.79 Å². The maximum Gasteiger partial charge on any atom is 0.251 e. The van der Waals surface area contributed by atoms with Crippen LogP contribution >= 0.6 is 12.2 Å². The van der Waals surface area contributed by atoms with Crippen LogP contribution in [0.2, 0.25) is 0 Å². The van der Waals surface area contributed by atoms with Crippen LogP contribution in [0.3, 0.4) is 0 Å². The van der Waals surface area contributed by atoms with E-state index in [-0.39, 0.29) is 18.1 Å². The molecule has 0 aliphatic carbocycles. The number of carbonyl (C=O) groups is 1. The summed E-state index contributed by atoms with van der Waals surface area (Å²) in [5.41, 5.74) is 6.82. The highest BCUT2D eigenvalue weighted by molar-refractivity contribution is 7.80. The van der Waals surface area contributed by atoms with Gasteiger partial charge >= 0.3 is 0 Å². The second kappa shape index (κ2) is 5.46. The molecule has 0 bridgehead atoms. The summed E-state index contributed by atoms with van der Waals surface area (Å²) in [5, 5.41) is 2.96. The first-order valence-electron chi connectivity index (χ1n) is 5.90. The first-order valence-corrected chi connectivity index (χ1v) is 6.31. The molecule has 1 aromatic rings. The minimum absolute atomic E-state index is 0.0627. The monoisotopic (exact) mass is 264 g/mol. The van der Waals surface area contributed by atoms with Crippen molar-refractivity contribution in [1.29, 1.82) is 0 Å². The number of thiocarbonyl (C=S) groups is 1. The van der Waals surface area contributed by atoms with Crippen LogP contribution in [-0.4, -0.2) is 29.6 Å². The van der Waals surface area contributed by atoms with Gasteiger partial charge in [-0.25, -0.2) is 0 Å². The van der Waals surface area contributed by atoms with Crippen LogP contribution in [0.4, 0.5) is 0 Å². The largest absolute Gasteiger partial charge is 0.389 e. The maximum atomic E-state index is 12.1. The molecule has 0 aromatic heterocycles. The van der Waals surface area contributed by atoms with E-state index in [0.717, 1.165) is 6.42 Å². The highest BCUT2D eigenvalue weighted by Crippen LogP contribution is 2.14. The molecule has 0 radical (unpaired) electrons. The van der Waals surface area contributed by atoms with E-state index in [9.17, 15) is 4.79 Å². The van der Waals surface area contributed by atoms with Gasteiger partial charge in [0.2, 0.25) is 0 Å². The number of ether oxygens (including phenoxy) is 1. The Balaban J connectivity index is 2.09. The van der Waals surface area contributed by atoms with Crippen molar-refractivity contribution in [2.75, 3.05) is 6.61 Å². The summed E-state index contributed by atoms with van der Waals surface area (Å²) < 4.78 is 5.41. The van der Waals surface area contributed by atoms with Crippen LogP contribution in [0.15, 0.2) is 24.3 Å². The van der Waals surface area contributed by atoms with Gasteiger partial charge in [-0.1, -0.05) is 24.4 Å². The van der Waals surface area contributed by atoms with Gasteiger partial charge in [0.05, 0.1) is 12.1 Å². The van der Waals surface area contributed by atoms with Crippen molar-refractivity contribution >= 4 is 23.1 Å². The molecule has 1 amide bonds. The molecule has 96 valence electrons. The topological polar surface area (TPSA) is 64.3 Å². The smallest absolute Gasteiger partial charge is 0.251 e. The normalized spacial score (nSPS) is 22.7. The molecule has 4 nitrogen and oxygen atoms in total. The van der Waals surface area contributed by atoms with Gasteiger partial charge in [0.15, 0.2) is 0 Å². The van der Waals surface area contributed by atoms with Gasteiger partial charge < -0.3 is 15.8 Å². The first-order chi connectivity index (χ1) is 8.58. The standard InChI is InChI=1S/C13H16N2O2S/c1-8-11(5-6-17-8)15-13(16)10-4-2-3-9(7-10)12(14)18/h2-4,7-8,11H,5-6H2,1H3,(H2,14,18)(H,15,16). The highest BCUT2D eigenvalue weighted by atomic mass is 32.1. The summed E-state index contributed by atoms with van der Waals surface area (Å²) in [5.74, 6) is -0.115. The average Bonchev–Trinajstić information content (AvgIpc) is 2.75. The Morgan fingerprint density at radius 3 is 2.83 bits per heavy atom. The van der Waals surface area contributed by atoms with Gasteiger partial charge in [0.25, 0.3) is 5.91 Å². The Hall–Kier alpha value is -1.46. The van der Waals surface area contributed by atoms with Gasteiger partial charge in [-0.2, -0.15) is 0 Å². The molecule has 2 atom stereocenters. The molecule has 2 rings (SSSR count). The van der Waals surface area contributed by atoms with E-state index in [0.29, 0.717) is 22.7 Å². The predicted molar refractivity (Wildman–Crippen MR) is 73.6 cm³/mol. The van der Waals surface area contributed by atoms with Crippen LogP contribution in [0.5, 0.6) is 0 Å². The molecule has 1 aliphatic rings. The molecule has 0 saturated carbocycles. The predicted octanol–water partition coefficient (Wildman–Crippen LogP) is 1.23. The van der Waals surface area contributed by atoms with E-state index in [1.165, 1.54) is 0 Å². The number of hydrogen-bond acceptors (Lipinski definition) is 3. The number of nitrogens with one attached hydrogen (secondary N) is 1. The average molecular weight is 264 g/mol.